The maximum absolute atomic E-state index is 11.7. The molecule has 0 spiro atoms. The minimum absolute atomic E-state index is 0.0534. The first kappa shape index (κ1) is 11.6. The molecular formula is C11H21NOS. The quantitative estimate of drug-likeness (QED) is 0.559. The number of nitrogens with zero attached hydrogens (tertiary/aromatic N) is 1. The molecule has 0 N–H and O–H groups in total. The van der Waals surface area contributed by atoms with Gasteiger partial charge in [-0.3, -0.25) is 4.79 Å². The zero-order chi connectivity index (χ0) is 10.6. The van der Waals surface area contributed by atoms with Crippen LogP contribution in [0, 0.1) is 5.92 Å². The molecule has 1 rings (SSSR count). The topological polar surface area (TPSA) is 20.3 Å². The molecular weight excluding hydrogens is 194 g/mol. The van der Waals surface area contributed by atoms with Gasteiger partial charge in [0, 0.05) is 19.0 Å². The fraction of sp³-hybridized carbons (Fsp3) is 0.727. The summed E-state index contributed by atoms with van der Waals surface area (Å²) in [4.78, 5) is 13.6. The molecule has 1 fully saturated rings. The lowest BCUT2D eigenvalue weighted by molar-refractivity contribution is -0.133. The molecule has 1 heterocycles. The van der Waals surface area contributed by atoms with E-state index in [1.807, 2.05) is 11.8 Å². The lowest BCUT2D eigenvalue weighted by Crippen LogP contribution is -2.50. The van der Waals surface area contributed by atoms with Crippen molar-refractivity contribution in [1.29, 1.82) is 0 Å². The molecule has 1 aliphatic rings. The van der Waals surface area contributed by atoms with Crippen molar-refractivity contribution in [3.63, 3.8) is 0 Å². The van der Waals surface area contributed by atoms with Gasteiger partial charge in [0.1, 0.15) is 0 Å². The first-order valence-corrected chi connectivity index (χ1v) is 7.42. The van der Waals surface area contributed by atoms with Crippen LogP contribution in [0.4, 0.5) is 0 Å². The van der Waals surface area contributed by atoms with Crippen molar-refractivity contribution in [2.45, 2.75) is 13.8 Å². The number of carbonyl (C=O) groups is 1. The molecule has 3 heteroatoms. The van der Waals surface area contributed by atoms with E-state index in [2.05, 4.69) is 25.3 Å². The van der Waals surface area contributed by atoms with E-state index < -0.39 is 0 Å². The van der Waals surface area contributed by atoms with E-state index >= 15 is 0 Å². The Labute approximate surface area is 89.7 Å². The summed E-state index contributed by atoms with van der Waals surface area (Å²) in [7, 11) is -0.0534. The highest BCUT2D eigenvalue weighted by Gasteiger charge is 2.28. The van der Waals surface area contributed by atoms with Gasteiger partial charge in [-0.05, 0) is 18.9 Å². The van der Waals surface area contributed by atoms with E-state index in [9.17, 15) is 4.79 Å². The third kappa shape index (κ3) is 3.05. The van der Waals surface area contributed by atoms with Crippen LogP contribution in [-0.4, -0.2) is 41.7 Å². The van der Waals surface area contributed by atoms with Gasteiger partial charge in [-0.25, -0.2) is 10.9 Å². The second-order valence-corrected chi connectivity index (χ2v) is 6.58. The third-order valence-electron chi connectivity index (χ3n) is 2.67. The summed E-state index contributed by atoms with van der Waals surface area (Å²) in [5.41, 5.74) is 0. The van der Waals surface area contributed by atoms with Crippen molar-refractivity contribution in [2.24, 2.45) is 5.92 Å². The molecule has 0 aromatic heterocycles. The number of allylic oxidation sites excluding steroid dienone is 1. The molecule has 0 aromatic carbocycles. The first-order chi connectivity index (χ1) is 6.67. The Kier molecular flexibility index (Phi) is 4.52. The number of rotatable bonds is 4. The Morgan fingerprint density at radius 3 is 2.71 bits per heavy atom. The molecule has 0 bridgehead atoms. The van der Waals surface area contributed by atoms with Gasteiger partial charge >= 0.3 is 0 Å². The van der Waals surface area contributed by atoms with Gasteiger partial charge in [-0.15, -0.1) is 0 Å². The summed E-state index contributed by atoms with van der Waals surface area (Å²) in [5.74, 6) is 2.93. The molecule has 82 valence electrons. The molecule has 0 saturated carbocycles. The average Bonchev–Trinajstić information content (AvgIpc) is 2.10. The van der Waals surface area contributed by atoms with E-state index in [4.69, 9.17) is 0 Å². The van der Waals surface area contributed by atoms with Crippen molar-refractivity contribution in [3.8, 4) is 0 Å². The second-order valence-electron chi connectivity index (χ2n) is 3.91. The van der Waals surface area contributed by atoms with Gasteiger partial charge < -0.3 is 4.90 Å². The zero-order valence-corrected chi connectivity index (χ0v) is 10.3. The molecule has 0 aliphatic carbocycles. The Morgan fingerprint density at radius 1 is 1.57 bits per heavy atom. The molecule has 2 nitrogen and oxygen atoms in total. The fourth-order valence-corrected chi connectivity index (χ4v) is 2.44. The second kappa shape index (κ2) is 5.44. The molecule has 1 saturated heterocycles. The van der Waals surface area contributed by atoms with Gasteiger partial charge in [0.15, 0.2) is 0 Å². The minimum Gasteiger partial charge on any atom is -0.341 e. The van der Waals surface area contributed by atoms with Crippen molar-refractivity contribution in [1.82, 2.24) is 4.90 Å². The Bertz CT molecular complexity index is 221. The average molecular weight is 215 g/mol. The molecule has 0 aromatic rings. The summed E-state index contributed by atoms with van der Waals surface area (Å²) < 4.78 is 0. The molecule has 1 unspecified atom stereocenters. The van der Waals surface area contributed by atoms with Gasteiger partial charge in [-0.1, -0.05) is 19.1 Å². The smallest absolute Gasteiger partial charge is 0.230 e. The maximum Gasteiger partial charge on any atom is 0.230 e. The van der Waals surface area contributed by atoms with Crippen LogP contribution in [-0.2, 0) is 4.79 Å². The largest absolute Gasteiger partial charge is 0.341 e. The lowest BCUT2D eigenvalue weighted by Gasteiger charge is -2.38. The van der Waals surface area contributed by atoms with Gasteiger partial charge in [-0.2, -0.15) is 0 Å². The van der Waals surface area contributed by atoms with Crippen molar-refractivity contribution in [3.05, 3.63) is 12.2 Å². The Morgan fingerprint density at radius 2 is 2.21 bits per heavy atom. The van der Waals surface area contributed by atoms with Gasteiger partial charge in [0.25, 0.3) is 0 Å². The van der Waals surface area contributed by atoms with E-state index in [0.29, 0.717) is 11.8 Å². The molecule has 1 amide bonds. The van der Waals surface area contributed by atoms with Crippen LogP contribution in [0.15, 0.2) is 12.2 Å². The standard InChI is InChI=1S/C11H21NOS/c1-4-6-10-7-12(8-10)11(13)9-14(3)5-2/h4,6,10,14H,5,7-9H2,1-3H3/b6-4-. The zero-order valence-electron chi connectivity index (χ0n) is 9.36. The van der Waals surface area contributed by atoms with Crippen LogP contribution < -0.4 is 0 Å². The summed E-state index contributed by atoms with van der Waals surface area (Å²) in [6.07, 6.45) is 6.47. The number of hydrogen-bond donors (Lipinski definition) is 1. The highest BCUT2D eigenvalue weighted by Crippen LogP contribution is 2.23. The van der Waals surface area contributed by atoms with E-state index in [0.717, 1.165) is 24.6 Å². The normalized spacial score (nSPS) is 21.1. The summed E-state index contributed by atoms with van der Waals surface area (Å²) in [6, 6.07) is 0. The Balaban J connectivity index is 2.22. The number of thiol groups is 1. The number of hydrogen-bond acceptors (Lipinski definition) is 1. The molecule has 1 atom stereocenters. The van der Waals surface area contributed by atoms with Gasteiger partial charge in [0.05, 0.1) is 5.75 Å². The van der Waals surface area contributed by atoms with E-state index in [-0.39, 0.29) is 10.9 Å². The number of carbonyl (C=O) groups excluding carboxylic acids is 1. The highest BCUT2D eigenvalue weighted by molar-refractivity contribution is 8.16. The van der Waals surface area contributed by atoms with Crippen LogP contribution in [0.1, 0.15) is 13.8 Å². The van der Waals surface area contributed by atoms with Crippen LogP contribution in [0.3, 0.4) is 0 Å². The highest BCUT2D eigenvalue weighted by atomic mass is 32.2. The first-order valence-electron chi connectivity index (χ1n) is 5.26. The fourth-order valence-electron chi connectivity index (χ4n) is 1.55. The minimum atomic E-state index is -0.0534. The number of amides is 1. The van der Waals surface area contributed by atoms with Crippen molar-refractivity contribution < 1.29 is 4.79 Å². The molecule has 14 heavy (non-hydrogen) atoms. The Hall–Kier alpha value is -0.440. The predicted molar refractivity (Wildman–Crippen MR) is 65.2 cm³/mol. The summed E-state index contributed by atoms with van der Waals surface area (Å²) in [5, 5.41) is 0. The van der Waals surface area contributed by atoms with E-state index in [1.54, 1.807) is 0 Å². The molecule has 1 aliphatic heterocycles. The third-order valence-corrected chi connectivity index (χ3v) is 4.56. The van der Waals surface area contributed by atoms with Crippen molar-refractivity contribution in [2.75, 3.05) is 30.9 Å². The monoisotopic (exact) mass is 215 g/mol. The predicted octanol–water partition coefficient (Wildman–Crippen LogP) is 1.67. The van der Waals surface area contributed by atoms with Crippen LogP contribution >= 0.6 is 10.9 Å². The van der Waals surface area contributed by atoms with Gasteiger partial charge in [0.2, 0.25) is 5.91 Å². The van der Waals surface area contributed by atoms with Crippen LogP contribution in [0.2, 0.25) is 0 Å². The van der Waals surface area contributed by atoms with E-state index in [1.165, 1.54) is 0 Å². The maximum atomic E-state index is 11.7. The SMILES string of the molecule is C/C=C\C1CN(C(=O)C[SH](C)CC)C1. The van der Waals surface area contributed by atoms with Crippen LogP contribution in [0.5, 0.6) is 0 Å². The van der Waals surface area contributed by atoms with Crippen molar-refractivity contribution >= 4 is 16.8 Å². The lowest BCUT2D eigenvalue weighted by atomic mass is 10.00. The number of likely N-dealkylation sites (tertiary alicyclic amines) is 1. The summed E-state index contributed by atoms with van der Waals surface area (Å²) in [6.45, 7) is 6.08. The summed E-state index contributed by atoms with van der Waals surface area (Å²) >= 11 is 0. The molecule has 0 radical (unpaired) electrons. The van der Waals surface area contributed by atoms with Crippen LogP contribution in [0.25, 0.3) is 0 Å².